The zero-order chi connectivity index (χ0) is 81.3. The summed E-state index contributed by atoms with van der Waals surface area (Å²) in [4.78, 5) is 85.4. The van der Waals surface area contributed by atoms with Crippen molar-refractivity contribution in [1.29, 1.82) is 0 Å². The molecule has 39 heteroatoms. The van der Waals surface area contributed by atoms with Gasteiger partial charge in [0.05, 0.1) is 104 Å². The number of hydrogen-bond donors (Lipinski definition) is 3. The standard InChI is InChI=1S/C11H11FINO5S.C10H8FIN4O2.C10H9FINO3.C10H10FNO3.C7H7F.C7H12O3.C6H6FN.C5H10Si.C4H4INO2.5CH4/c1-20(16,17)18-6-8-5-14(11(15)19-8)7-2-3-10(13)9(12)4-7;11-8-3-6(1-2-9(8)12)16-5-7(4-14-15-13)18-10(16)17;11-8-3-6(1-2-9(8)12)13-4-7(5-14)16-10(13)15;11-7-2-1-3-8(4-7)12-5-9(6-13)15-10(12)14;1-6-3-2-4-7(8)5-6;1-2-3-7(8)10-5-6-4-9-6;7-5-2-1-3-6(8)4-5;1-5-6(2,3)4;5-6-3(7)1-2-4(6)8;;;;;/h2-4,8H,5-6H2,1H3;1-3,7H,4-5H2;1-3,7,14H,4-5H2;1-4,9,13H,5-6H2;2-5H,1H3;6H,2-5H2,1H3;1-4H,8H2;1H,2-4H3;1-2H2;5*1H4/t8-;2*7-;9-;;6-;;;;;;;;/m1011.1......../s1. The molecular formula is C75H97F6I4N9O18SSi. The molecule has 6 aromatic rings. The SMILES string of the molecule is C.C.C.C.C.C#C[Si](C)(C)C.CCCC(=O)OC[C@H]1CO1.CS(=O)(=O)OC[C@H]1CN(c2ccc(I)c(F)c2)C(=O)O1.Cc1cccc(F)c1.Nc1cccc(F)c1.O=C1CCC(=O)N1I.O=C1O[C@@H](CO)CN1c1ccc(I)c(F)c1.O=C1O[C@@H](CO)CN1c1cccc(F)c1.[N-]=[N+]=NC[C@H]1CN(c2ccc(I)c(F)c2)C(=O)O1. The van der Waals surface area contributed by atoms with Crippen LogP contribution in [-0.2, 0) is 57.1 Å². The number of anilines is 5. The molecule has 114 heavy (non-hydrogen) atoms. The van der Waals surface area contributed by atoms with Crippen LogP contribution in [0.25, 0.3) is 10.4 Å². The number of rotatable bonds is 15. The van der Waals surface area contributed by atoms with Gasteiger partial charge in [-0.25, -0.2) is 48.6 Å². The number of terminal acetylenes is 1. The van der Waals surface area contributed by atoms with Gasteiger partial charge >= 0.3 is 30.3 Å². The third-order valence-electron chi connectivity index (χ3n) is 14.0. The Bertz CT molecular complexity index is 4220. The van der Waals surface area contributed by atoms with E-state index in [2.05, 4.69) is 39.4 Å². The number of halogens is 10. The van der Waals surface area contributed by atoms with Crippen molar-refractivity contribution in [3.05, 3.63) is 189 Å². The molecule has 630 valence electrons. The summed E-state index contributed by atoms with van der Waals surface area (Å²) in [7, 11) is -4.70. The van der Waals surface area contributed by atoms with Crippen LogP contribution in [0.5, 0.6) is 0 Å². The summed E-state index contributed by atoms with van der Waals surface area (Å²) < 4.78 is 136. The molecule has 6 fully saturated rings. The van der Waals surface area contributed by atoms with Gasteiger partial charge in [-0.05, 0) is 195 Å². The Morgan fingerprint density at radius 3 is 1.27 bits per heavy atom. The van der Waals surface area contributed by atoms with Crippen molar-refractivity contribution in [2.75, 3.05) is 97.3 Å². The zero-order valence-corrected chi connectivity index (χ0v) is 69.7. The number of nitrogens with two attached hydrogens (primary N) is 1. The van der Waals surface area contributed by atoms with E-state index in [0.29, 0.717) is 65.0 Å². The number of aliphatic hydroxyl groups excluding tert-OH is 2. The highest BCUT2D eigenvalue weighted by Gasteiger charge is 2.36. The Labute approximate surface area is 717 Å². The van der Waals surface area contributed by atoms with Gasteiger partial charge in [0.25, 0.3) is 10.1 Å². The van der Waals surface area contributed by atoms with Crippen LogP contribution in [0.2, 0.25) is 19.6 Å². The van der Waals surface area contributed by atoms with Crippen LogP contribution in [0.4, 0.5) is 74.0 Å². The molecule has 0 saturated carbocycles. The number of ether oxygens (including phenoxy) is 6. The minimum absolute atomic E-state index is 0. The first-order valence-corrected chi connectivity index (χ1v) is 42.0. The van der Waals surface area contributed by atoms with Crippen LogP contribution in [0, 0.1) is 64.5 Å². The van der Waals surface area contributed by atoms with Gasteiger partial charge in [0.2, 0.25) is 11.8 Å². The van der Waals surface area contributed by atoms with E-state index < -0.39 is 78.6 Å². The fraction of sp³-hybridized carbons (Fsp3) is 0.400. The minimum Gasteiger partial charge on any atom is -0.463 e. The van der Waals surface area contributed by atoms with Crippen molar-refractivity contribution in [2.24, 2.45) is 5.11 Å². The number of carbonyl (C=O) groups excluding carboxylic acids is 7. The van der Waals surface area contributed by atoms with E-state index in [1.807, 2.05) is 87.7 Å². The van der Waals surface area contributed by atoms with Crippen molar-refractivity contribution in [3.8, 4) is 12.0 Å². The molecular weight excluding hydrogens is 2000 g/mol. The van der Waals surface area contributed by atoms with Crippen LogP contribution in [-0.4, -0.2) is 175 Å². The Morgan fingerprint density at radius 1 is 0.605 bits per heavy atom. The molecule has 6 aliphatic rings. The summed E-state index contributed by atoms with van der Waals surface area (Å²) in [6.07, 6.45) is 3.79. The number of aryl methyl sites for hydroxylation is 1. The summed E-state index contributed by atoms with van der Waals surface area (Å²) in [6.45, 7) is 11.7. The number of epoxide rings is 1. The lowest BCUT2D eigenvalue weighted by atomic mass is 10.2. The third-order valence-corrected chi connectivity index (χ3v) is 19.2. The zero-order valence-electron chi connectivity index (χ0n) is 59.3. The number of hydrogen-bond acceptors (Lipinski definition) is 20. The van der Waals surface area contributed by atoms with Crippen LogP contribution in [0.15, 0.2) is 133 Å². The van der Waals surface area contributed by atoms with E-state index in [9.17, 15) is 68.3 Å². The number of amides is 6. The lowest BCUT2D eigenvalue weighted by molar-refractivity contribution is -0.144. The maximum Gasteiger partial charge on any atom is 0.414 e. The third kappa shape index (κ3) is 40.2. The Morgan fingerprint density at radius 2 is 0.974 bits per heavy atom. The van der Waals surface area contributed by atoms with Gasteiger partial charge < -0.3 is 44.4 Å². The fourth-order valence-corrected chi connectivity index (χ4v) is 10.4. The number of esters is 1. The number of aliphatic hydroxyl groups is 2. The fourth-order valence-electron chi connectivity index (χ4n) is 8.52. The molecule has 5 atom stereocenters. The summed E-state index contributed by atoms with van der Waals surface area (Å²) in [5.74, 6) is -2.32. The smallest absolute Gasteiger partial charge is 0.414 e. The predicted molar refractivity (Wildman–Crippen MR) is 462 cm³/mol. The lowest BCUT2D eigenvalue weighted by Gasteiger charge is -2.13. The normalized spacial score (nSPS) is 17.0. The first-order chi connectivity index (χ1) is 51.4. The van der Waals surface area contributed by atoms with E-state index in [4.69, 9.17) is 56.3 Å². The Kier molecular flexibility index (Phi) is 51.4. The van der Waals surface area contributed by atoms with E-state index in [1.165, 1.54) is 80.3 Å². The molecule has 0 radical (unpaired) electrons. The van der Waals surface area contributed by atoms with E-state index in [1.54, 1.807) is 83.5 Å². The maximum absolute atomic E-state index is 13.5. The number of azide groups is 1. The molecule has 0 aromatic heterocycles. The van der Waals surface area contributed by atoms with Crippen LogP contribution in [0.1, 0.15) is 75.3 Å². The highest BCUT2D eigenvalue weighted by Crippen LogP contribution is 2.29. The van der Waals surface area contributed by atoms with Crippen molar-refractivity contribution >= 4 is 179 Å². The Balaban J connectivity index is 0. The molecule has 6 aromatic carbocycles. The van der Waals surface area contributed by atoms with Crippen molar-refractivity contribution in [1.82, 2.24) is 3.11 Å². The number of nitrogen functional groups attached to an aromatic ring is 1. The first kappa shape index (κ1) is 108. The van der Waals surface area contributed by atoms with Crippen molar-refractivity contribution in [2.45, 2.75) is 127 Å². The van der Waals surface area contributed by atoms with Crippen molar-refractivity contribution < 1.29 is 111 Å². The second-order valence-electron chi connectivity index (χ2n) is 24.2. The average molecular weight is 2090 g/mol. The Hall–Kier alpha value is -7.81. The van der Waals surface area contributed by atoms with Gasteiger partial charge in [-0.1, -0.05) is 93.1 Å². The second-order valence-corrected chi connectivity index (χ2v) is 35.1. The number of benzene rings is 6. The van der Waals surface area contributed by atoms with Gasteiger partial charge in [0, 0.05) is 40.6 Å². The number of cyclic esters (lactones) is 4. The second kappa shape index (κ2) is 54.2. The topological polar surface area (TPSA) is 353 Å². The highest BCUT2D eigenvalue weighted by atomic mass is 127. The molecule has 27 nitrogen and oxygen atoms in total. The van der Waals surface area contributed by atoms with Crippen LogP contribution >= 0.6 is 90.6 Å². The number of imide groups is 1. The average Bonchev–Trinajstić information content (AvgIpc) is 1.69. The molecule has 0 unspecified atom stereocenters. The molecule has 4 N–H and O–H groups in total. The highest BCUT2D eigenvalue weighted by molar-refractivity contribution is 14.1. The number of carbonyl (C=O) groups is 7. The van der Waals surface area contributed by atoms with Gasteiger partial charge in [-0.15, -0.1) is 12.0 Å². The van der Waals surface area contributed by atoms with Crippen LogP contribution < -0.4 is 25.3 Å². The van der Waals surface area contributed by atoms with Gasteiger partial charge in [-0.3, -0.25) is 38.2 Å². The van der Waals surface area contributed by atoms with E-state index in [0.717, 1.165) is 28.0 Å². The monoisotopic (exact) mass is 2090 g/mol. The summed E-state index contributed by atoms with van der Waals surface area (Å²) in [5.41, 5.74) is 19.3. The molecule has 0 spiro atoms. The summed E-state index contributed by atoms with van der Waals surface area (Å²) in [6, 6.07) is 31.4. The first-order valence-electron chi connectivity index (χ1n) is 32.5. The molecule has 6 amide bonds. The maximum atomic E-state index is 13.5. The molecule has 6 saturated heterocycles. The van der Waals surface area contributed by atoms with Gasteiger partial charge in [-0.2, -0.15) is 8.42 Å². The minimum atomic E-state index is -3.59. The largest absolute Gasteiger partial charge is 0.463 e. The van der Waals surface area contributed by atoms with E-state index in [-0.39, 0.29) is 137 Å². The molecule has 6 heterocycles. The summed E-state index contributed by atoms with van der Waals surface area (Å²) >= 11 is 7.30. The molecule has 0 bridgehead atoms. The van der Waals surface area contributed by atoms with Gasteiger partial charge in [0.15, 0.2) is 0 Å². The predicted octanol–water partition coefficient (Wildman–Crippen LogP) is 17.1. The van der Waals surface area contributed by atoms with E-state index >= 15 is 0 Å². The summed E-state index contributed by atoms with van der Waals surface area (Å²) in [5, 5.41) is 21.0. The quantitative estimate of drug-likeness (QED) is 0.00682. The molecule has 0 aliphatic carbocycles. The van der Waals surface area contributed by atoms with Gasteiger partial charge in [0.1, 0.15) is 86.7 Å². The van der Waals surface area contributed by atoms with Crippen LogP contribution in [0.3, 0.4) is 0 Å². The molecule has 6 aliphatic heterocycles. The lowest BCUT2D eigenvalue weighted by Crippen LogP contribution is -2.26. The van der Waals surface area contributed by atoms with Crippen molar-refractivity contribution in [3.63, 3.8) is 0 Å². The number of nitrogens with zero attached hydrogens (tertiary/aromatic N) is 8. The molecule has 12 rings (SSSR count).